The molecule has 3 aromatic rings. The van der Waals surface area contributed by atoms with E-state index in [0.717, 1.165) is 25.0 Å². The van der Waals surface area contributed by atoms with Gasteiger partial charge in [-0.05, 0) is 48.2 Å². The first-order valence-corrected chi connectivity index (χ1v) is 8.82. The lowest BCUT2D eigenvalue weighted by Crippen LogP contribution is -1.95. The zero-order valence-corrected chi connectivity index (χ0v) is 14.8. The zero-order valence-electron chi connectivity index (χ0n) is 14.8. The van der Waals surface area contributed by atoms with Crippen LogP contribution in [0.4, 0.5) is 0 Å². The number of aromatic nitrogens is 1. The lowest BCUT2D eigenvalue weighted by molar-refractivity contribution is 0.306. The molecule has 2 aromatic carbocycles. The van der Waals surface area contributed by atoms with Gasteiger partial charge in [-0.25, -0.2) is 0 Å². The maximum Gasteiger partial charge on any atom is 0.119 e. The molecule has 0 saturated heterocycles. The fourth-order valence-electron chi connectivity index (χ4n) is 2.77. The van der Waals surface area contributed by atoms with Crippen molar-refractivity contribution in [2.24, 2.45) is 7.05 Å². The molecule has 0 aliphatic carbocycles. The monoisotopic (exact) mass is 331 g/mol. The van der Waals surface area contributed by atoms with Crippen LogP contribution in [0.2, 0.25) is 0 Å². The van der Waals surface area contributed by atoms with Crippen LogP contribution in [0.3, 0.4) is 0 Å². The third kappa shape index (κ3) is 5.39. The maximum absolute atomic E-state index is 5.83. The molecule has 3 rings (SSSR count). The molecular weight excluding hydrogens is 306 g/mol. The SMILES string of the molecule is Cn1cccc1C/C=C/CCc1ccc(OCc2ccccc2)cc1. The first kappa shape index (κ1) is 17.1. The van der Waals surface area contributed by atoms with Gasteiger partial charge in [0.2, 0.25) is 0 Å². The maximum atomic E-state index is 5.83. The standard InChI is InChI=1S/C23H25NO/c1-24-18-8-13-22(24)12-7-3-4-9-20-14-16-23(17-15-20)25-19-21-10-5-2-6-11-21/h2-3,5-8,10-11,13-18H,4,9,12,19H2,1H3/b7-3+. The van der Waals surface area contributed by atoms with E-state index in [1.807, 2.05) is 18.2 Å². The Labute approximate surface area is 150 Å². The molecule has 0 unspecified atom stereocenters. The van der Waals surface area contributed by atoms with E-state index >= 15 is 0 Å². The highest BCUT2D eigenvalue weighted by Crippen LogP contribution is 2.15. The molecule has 2 nitrogen and oxygen atoms in total. The molecule has 0 radical (unpaired) electrons. The highest BCUT2D eigenvalue weighted by molar-refractivity contribution is 5.28. The molecule has 0 saturated carbocycles. The van der Waals surface area contributed by atoms with Crippen molar-refractivity contribution in [2.75, 3.05) is 0 Å². The molecule has 0 aliphatic rings. The Bertz CT molecular complexity index is 784. The fourth-order valence-corrected chi connectivity index (χ4v) is 2.77. The van der Waals surface area contributed by atoms with Crippen molar-refractivity contribution >= 4 is 0 Å². The van der Waals surface area contributed by atoms with Crippen LogP contribution in [-0.2, 0) is 26.5 Å². The molecule has 0 bridgehead atoms. The van der Waals surface area contributed by atoms with Crippen LogP contribution in [0.15, 0.2) is 85.1 Å². The molecule has 2 heteroatoms. The second kappa shape index (κ2) is 8.93. The number of allylic oxidation sites excluding steroid dienone is 2. The van der Waals surface area contributed by atoms with E-state index in [1.54, 1.807) is 0 Å². The summed E-state index contributed by atoms with van der Waals surface area (Å²) < 4.78 is 7.99. The average molecular weight is 331 g/mol. The van der Waals surface area contributed by atoms with Gasteiger partial charge in [0.1, 0.15) is 12.4 Å². The summed E-state index contributed by atoms with van der Waals surface area (Å²) in [7, 11) is 2.09. The Kier molecular flexibility index (Phi) is 6.11. The lowest BCUT2D eigenvalue weighted by Gasteiger charge is -2.07. The molecule has 128 valence electrons. The summed E-state index contributed by atoms with van der Waals surface area (Å²) >= 11 is 0. The number of nitrogens with zero attached hydrogens (tertiary/aromatic N) is 1. The molecule has 0 amide bonds. The first-order chi connectivity index (χ1) is 12.3. The van der Waals surface area contributed by atoms with E-state index in [2.05, 4.69) is 78.5 Å². The molecule has 0 spiro atoms. The topological polar surface area (TPSA) is 14.2 Å². The summed E-state index contributed by atoms with van der Waals surface area (Å²) in [6.07, 6.45) is 9.73. The van der Waals surface area contributed by atoms with E-state index in [4.69, 9.17) is 4.74 Å². The molecule has 1 aromatic heterocycles. The van der Waals surface area contributed by atoms with Crippen molar-refractivity contribution < 1.29 is 4.74 Å². The van der Waals surface area contributed by atoms with Crippen LogP contribution < -0.4 is 4.74 Å². The third-order valence-electron chi connectivity index (χ3n) is 4.32. The van der Waals surface area contributed by atoms with Crippen molar-refractivity contribution in [1.82, 2.24) is 4.57 Å². The predicted molar refractivity (Wildman–Crippen MR) is 104 cm³/mol. The normalized spacial score (nSPS) is 11.1. The van der Waals surface area contributed by atoms with Gasteiger partial charge in [0, 0.05) is 25.4 Å². The average Bonchev–Trinajstić information content (AvgIpc) is 3.06. The van der Waals surface area contributed by atoms with E-state index < -0.39 is 0 Å². The van der Waals surface area contributed by atoms with E-state index in [1.165, 1.54) is 16.8 Å². The Morgan fingerprint density at radius 2 is 1.64 bits per heavy atom. The van der Waals surface area contributed by atoms with E-state index in [0.29, 0.717) is 6.61 Å². The van der Waals surface area contributed by atoms with Gasteiger partial charge in [-0.15, -0.1) is 0 Å². The molecule has 0 N–H and O–H groups in total. The second-order valence-corrected chi connectivity index (χ2v) is 6.24. The van der Waals surface area contributed by atoms with Crippen molar-refractivity contribution in [3.63, 3.8) is 0 Å². The molecular formula is C23H25NO. The minimum absolute atomic E-state index is 0.613. The minimum atomic E-state index is 0.613. The molecule has 0 atom stereocenters. The molecule has 0 fully saturated rings. The highest BCUT2D eigenvalue weighted by atomic mass is 16.5. The fraction of sp³-hybridized carbons (Fsp3) is 0.217. The summed E-state index contributed by atoms with van der Waals surface area (Å²) in [4.78, 5) is 0. The van der Waals surface area contributed by atoms with Gasteiger partial charge in [-0.1, -0.05) is 54.6 Å². The number of hydrogen-bond donors (Lipinski definition) is 0. The summed E-state index contributed by atoms with van der Waals surface area (Å²) in [5.74, 6) is 0.923. The molecule has 25 heavy (non-hydrogen) atoms. The Morgan fingerprint density at radius 3 is 2.36 bits per heavy atom. The third-order valence-corrected chi connectivity index (χ3v) is 4.32. The van der Waals surface area contributed by atoms with Crippen LogP contribution >= 0.6 is 0 Å². The van der Waals surface area contributed by atoms with Crippen LogP contribution in [0.5, 0.6) is 5.75 Å². The summed E-state index contributed by atoms with van der Waals surface area (Å²) in [6.45, 7) is 0.613. The van der Waals surface area contributed by atoms with Gasteiger partial charge in [0.05, 0.1) is 0 Å². The summed E-state index contributed by atoms with van der Waals surface area (Å²) in [5, 5.41) is 0. The van der Waals surface area contributed by atoms with Crippen molar-refractivity contribution in [1.29, 1.82) is 0 Å². The lowest BCUT2D eigenvalue weighted by atomic mass is 10.1. The van der Waals surface area contributed by atoms with Gasteiger partial charge in [0.15, 0.2) is 0 Å². The van der Waals surface area contributed by atoms with Gasteiger partial charge >= 0.3 is 0 Å². The van der Waals surface area contributed by atoms with Gasteiger partial charge in [-0.2, -0.15) is 0 Å². The summed E-state index contributed by atoms with van der Waals surface area (Å²) in [5.41, 5.74) is 3.88. The number of benzene rings is 2. The second-order valence-electron chi connectivity index (χ2n) is 6.24. The van der Waals surface area contributed by atoms with Crippen LogP contribution in [-0.4, -0.2) is 4.57 Å². The van der Waals surface area contributed by atoms with Gasteiger partial charge < -0.3 is 9.30 Å². The van der Waals surface area contributed by atoms with Crippen LogP contribution in [0, 0.1) is 0 Å². The van der Waals surface area contributed by atoms with Gasteiger partial charge in [-0.3, -0.25) is 0 Å². The van der Waals surface area contributed by atoms with E-state index in [-0.39, 0.29) is 0 Å². The molecule has 0 aliphatic heterocycles. The number of ether oxygens (including phenoxy) is 1. The quantitative estimate of drug-likeness (QED) is 0.508. The van der Waals surface area contributed by atoms with Crippen LogP contribution in [0.25, 0.3) is 0 Å². The van der Waals surface area contributed by atoms with Gasteiger partial charge in [0.25, 0.3) is 0 Å². The van der Waals surface area contributed by atoms with Crippen LogP contribution in [0.1, 0.15) is 23.2 Å². The number of rotatable bonds is 8. The molecule has 1 heterocycles. The summed E-state index contributed by atoms with van der Waals surface area (Å²) in [6, 6.07) is 22.9. The largest absolute Gasteiger partial charge is 0.489 e. The Hall–Kier alpha value is -2.74. The smallest absolute Gasteiger partial charge is 0.119 e. The Balaban J connectivity index is 1.41. The highest BCUT2D eigenvalue weighted by Gasteiger charge is 1.97. The van der Waals surface area contributed by atoms with Crippen molar-refractivity contribution in [3.8, 4) is 5.75 Å². The predicted octanol–water partition coefficient (Wildman–Crippen LogP) is 5.34. The first-order valence-electron chi connectivity index (χ1n) is 8.82. The Morgan fingerprint density at radius 1 is 0.840 bits per heavy atom. The minimum Gasteiger partial charge on any atom is -0.489 e. The van der Waals surface area contributed by atoms with E-state index in [9.17, 15) is 0 Å². The number of hydrogen-bond acceptors (Lipinski definition) is 1. The number of aryl methyl sites for hydroxylation is 2. The zero-order chi connectivity index (χ0) is 17.3. The van der Waals surface area contributed by atoms with Crippen molar-refractivity contribution in [2.45, 2.75) is 25.9 Å². The van der Waals surface area contributed by atoms with Crippen molar-refractivity contribution in [3.05, 3.63) is 102 Å².